The third-order valence-corrected chi connectivity index (χ3v) is 4.52. The molecular weight excluding hydrogens is 346 g/mol. The fourth-order valence-electron chi connectivity index (χ4n) is 2.99. The molecule has 1 aliphatic heterocycles. The number of amides is 1. The number of benzene rings is 1. The number of anilines is 1. The molecule has 0 atom stereocenters. The van der Waals surface area contributed by atoms with E-state index < -0.39 is 0 Å². The largest absolute Gasteiger partial charge is 0.497 e. The summed E-state index contributed by atoms with van der Waals surface area (Å²) in [5, 5.41) is 12.5. The maximum atomic E-state index is 12.6. The highest BCUT2D eigenvalue weighted by molar-refractivity contribution is 5.94. The number of ether oxygens (including phenoxy) is 1. The molecule has 9 nitrogen and oxygen atoms in total. The Morgan fingerprint density at radius 2 is 1.67 bits per heavy atom. The molecule has 1 fully saturated rings. The molecule has 2 aromatic heterocycles. The first kappa shape index (κ1) is 17.0. The minimum atomic E-state index is 0.0323. The van der Waals surface area contributed by atoms with Crippen LogP contribution >= 0.6 is 0 Å². The summed E-state index contributed by atoms with van der Waals surface area (Å²) in [4.78, 5) is 20.5. The van der Waals surface area contributed by atoms with Crippen molar-refractivity contribution in [3.63, 3.8) is 0 Å². The van der Waals surface area contributed by atoms with E-state index in [0.717, 1.165) is 11.6 Å². The van der Waals surface area contributed by atoms with Crippen molar-refractivity contribution >= 4 is 11.7 Å². The monoisotopic (exact) mass is 365 g/mol. The van der Waals surface area contributed by atoms with Crippen LogP contribution in [0.2, 0.25) is 0 Å². The van der Waals surface area contributed by atoms with Gasteiger partial charge in [-0.1, -0.05) is 0 Å². The lowest BCUT2D eigenvalue weighted by atomic mass is 10.1. The molecule has 4 rings (SSSR count). The Balaban J connectivity index is 1.37. The molecule has 0 bridgehead atoms. The van der Waals surface area contributed by atoms with Crippen molar-refractivity contribution in [1.29, 1.82) is 0 Å². The number of carbonyl (C=O) groups excluding carboxylic acids is 1. The summed E-state index contributed by atoms with van der Waals surface area (Å²) in [7, 11) is 1.61. The smallest absolute Gasteiger partial charge is 0.253 e. The third-order valence-electron chi connectivity index (χ3n) is 4.52. The van der Waals surface area contributed by atoms with E-state index in [1.165, 1.54) is 6.33 Å². The highest BCUT2D eigenvalue weighted by Gasteiger charge is 2.23. The van der Waals surface area contributed by atoms with Gasteiger partial charge < -0.3 is 14.5 Å². The highest BCUT2D eigenvalue weighted by Crippen LogP contribution is 2.17. The average molecular weight is 365 g/mol. The van der Waals surface area contributed by atoms with Gasteiger partial charge in [-0.2, -0.15) is 5.10 Å². The number of carbonyl (C=O) groups is 1. The molecule has 27 heavy (non-hydrogen) atoms. The van der Waals surface area contributed by atoms with Crippen LogP contribution < -0.4 is 9.64 Å². The summed E-state index contributed by atoms with van der Waals surface area (Å²) in [6.45, 7) is 2.69. The van der Waals surface area contributed by atoms with Crippen LogP contribution in [0.3, 0.4) is 0 Å². The van der Waals surface area contributed by atoms with Crippen LogP contribution in [0.5, 0.6) is 5.75 Å². The van der Waals surface area contributed by atoms with Crippen LogP contribution in [0.1, 0.15) is 10.4 Å². The molecule has 3 heterocycles. The van der Waals surface area contributed by atoms with Crippen molar-refractivity contribution in [1.82, 2.24) is 29.9 Å². The lowest BCUT2D eigenvalue weighted by Gasteiger charge is -2.35. The van der Waals surface area contributed by atoms with Gasteiger partial charge in [-0.25, -0.2) is 9.67 Å². The van der Waals surface area contributed by atoms with E-state index in [-0.39, 0.29) is 5.91 Å². The van der Waals surface area contributed by atoms with Crippen molar-refractivity contribution in [2.45, 2.75) is 0 Å². The van der Waals surface area contributed by atoms with Gasteiger partial charge in [-0.3, -0.25) is 4.79 Å². The zero-order chi connectivity index (χ0) is 18.6. The van der Waals surface area contributed by atoms with Gasteiger partial charge in [0.05, 0.1) is 7.11 Å². The van der Waals surface area contributed by atoms with Crippen molar-refractivity contribution in [3.05, 3.63) is 54.6 Å². The summed E-state index contributed by atoms with van der Waals surface area (Å²) in [5.74, 6) is 2.18. The molecule has 1 aromatic carbocycles. The molecule has 1 aliphatic rings. The fourth-order valence-corrected chi connectivity index (χ4v) is 2.99. The lowest BCUT2D eigenvalue weighted by molar-refractivity contribution is 0.0746. The summed E-state index contributed by atoms with van der Waals surface area (Å²) >= 11 is 0. The molecule has 0 saturated carbocycles. The first-order valence-electron chi connectivity index (χ1n) is 8.61. The van der Waals surface area contributed by atoms with Gasteiger partial charge in [-0.05, 0) is 36.4 Å². The van der Waals surface area contributed by atoms with Crippen LogP contribution in [0.15, 0.2) is 49.1 Å². The van der Waals surface area contributed by atoms with Gasteiger partial charge in [0.15, 0.2) is 11.6 Å². The van der Waals surface area contributed by atoms with E-state index in [1.54, 1.807) is 42.4 Å². The minimum Gasteiger partial charge on any atom is -0.497 e. The number of aromatic nitrogens is 5. The molecule has 138 valence electrons. The normalized spacial score (nSPS) is 14.3. The molecule has 3 aromatic rings. The van der Waals surface area contributed by atoms with Crippen molar-refractivity contribution < 1.29 is 9.53 Å². The van der Waals surface area contributed by atoms with E-state index in [2.05, 4.69) is 25.2 Å². The van der Waals surface area contributed by atoms with E-state index in [0.29, 0.717) is 37.6 Å². The molecule has 1 saturated heterocycles. The molecule has 0 N–H and O–H groups in total. The van der Waals surface area contributed by atoms with Crippen molar-refractivity contribution in [2.75, 3.05) is 38.2 Å². The summed E-state index contributed by atoms with van der Waals surface area (Å²) in [6, 6.07) is 11.0. The second-order valence-electron chi connectivity index (χ2n) is 6.10. The molecule has 0 aliphatic carbocycles. The van der Waals surface area contributed by atoms with E-state index >= 15 is 0 Å². The Hall–Kier alpha value is -3.49. The predicted octanol–water partition coefficient (Wildman–Crippen LogP) is 1.03. The predicted molar refractivity (Wildman–Crippen MR) is 98.1 cm³/mol. The summed E-state index contributed by atoms with van der Waals surface area (Å²) < 4.78 is 6.69. The number of hydrogen-bond acceptors (Lipinski definition) is 7. The second kappa shape index (κ2) is 7.40. The summed E-state index contributed by atoms with van der Waals surface area (Å²) in [6.07, 6.45) is 3.03. The third kappa shape index (κ3) is 3.57. The Kier molecular flexibility index (Phi) is 4.65. The van der Waals surface area contributed by atoms with E-state index in [1.807, 2.05) is 17.0 Å². The summed E-state index contributed by atoms with van der Waals surface area (Å²) in [5.41, 5.74) is 0.668. The maximum Gasteiger partial charge on any atom is 0.253 e. The Morgan fingerprint density at radius 3 is 2.26 bits per heavy atom. The van der Waals surface area contributed by atoms with Crippen LogP contribution in [0.25, 0.3) is 5.82 Å². The molecule has 0 radical (unpaired) electrons. The first-order chi connectivity index (χ1) is 13.2. The quantitative estimate of drug-likeness (QED) is 0.682. The highest BCUT2D eigenvalue weighted by atomic mass is 16.5. The van der Waals surface area contributed by atoms with E-state index in [9.17, 15) is 4.79 Å². The van der Waals surface area contributed by atoms with Crippen LogP contribution in [-0.4, -0.2) is 69.1 Å². The van der Waals surface area contributed by atoms with Crippen LogP contribution in [0.4, 0.5) is 5.82 Å². The second-order valence-corrected chi connectivity index (χ2v) is 6.10. The van der Waals surface area contributed by atoms with Crippen LogP contribution in [0, 0.1) is 0 Å². The van der Waals surface area contributed by atoms with Gasteiger partial charge in [0.2, 0.25) is 0 Å². The number of hydrogen-bond donors (Lipinski definition) is 0. The number of nitrogens with zero attached hydrogens (tertiary/aromatic N) is 7. The minimum absolute atomic E-state index is 0.0323. The standard InChI is InChI=1S/C18H19N7O2/c1-27-15-4-2-14(3-5-15)18(26)24-10-8-23(9-11-24)16-6-7-17(22-21-16)25-13-19-12-20-25/h2-7,12-13H,8-11H2,1H3. The zero-order valence-electron chi connectivity index (χ0n) is 14.9. The maximum absolute atomic E-state index is 12.6. The van der Waals surface area contributed by atoms with Gasteiger partial charge in [0.1, 0.15) is 18.4 Å². The zero-order valence-corrected chi connectivity index (χ0v) is 14.9. The molecule has 0 spiro atoms. The average Bonchev–Trinajstić information content (AvgIpc) is 3.28. The number of piperazine rings is 1. The SMILES string of the molecule is COc1ccc(C(=O)N2CCN(c3ccc(-n4cncn4)nn3)CC2)cc1. The molecule has 0 unspecified atom stereocenters. The van der Waals surface area contributed by atoms with Gasteiger partial charge in [0, 0.05) is 31.7 Å². The molecule has 1 amide bonds. The van der Waals surface area contributed by atoms with Crippen LogP contribution in [-0.2, 0) is 0 Å². The first-order valence-corrected chi connectivity index (χ1v) is 8.61. The van der Waals surface area contributed by atoms with Crippen molar-refractivity contribution in [2.24, 2.45) is 0 Å². The number of rotatable bonds is 4. The molecular formula is C18H19N7O2. The van der Waals surface area contributed by atoms with Gasteiger partial charge >= 0.3 is 0 Å². The number of methoxy groups -OCH3 is 1. The fraction of sp³-hybridized carbons (Fsp3) is 0.278. The Labute approximate surface area is 156 Å². The Bertz CT molecular complexity index is 886. The topological polar surface area (TPSA) is 89.3 Å². The Morgan fingerprint density at radius 1 is 0.963 bits per heavy atom. The van der Waals surface area contributed by atoms with E-state index in [4.69, 9.17) is 4.74 Å². The molecule has 9 heteroatoms. The van der Waals surface area contributed by atoms with Gasteiger partial charge in [0.25, 0.3) is 5.91 Å². The van der Waals surface area contributed by atoms with Crippen molar-refractivity contribution in [3.8, 4) is 11.6 Å². The van der Waals surface area contributed by atoms with Gasteiger partial charge in [-0.15, -0.1) is 10.2 Å². The lowest BCUT2D eigenvalue weighted by Crippen LogP contribution is -2.49.